The number of nitrogens with zero attached hydrogens (tertiary/aromatic N) is 2. The maximum atomic E-state index is 10.4. The topological polar surface area (TPSA) is 64.1 Å². The Morgan fingerprint density at radius 2 is 2.20 bits per heavy atom. The summed E-state index contributed by atoms with van der Waals surface area (Å²) in [5, 5.41) is 16.3. The summed E-state index contributed by atoms with van der Waals surface area (Å²) in [4.78, 5) is 0. The van der Waals surface area contributed by atoms with Crippen LogP contribution >= 0.6 is 0 Å². The molecule has 0 saturated heterocycles. The van der Waals surface area contributed by atoms with E-state index in [-0.39, 0.29) is 11.5 Å². The first-order chi connectivity index (χ1) is 9.66. The molecule has 1 aromatic heterocycles. The van der Waals surface area contributed by atoms with E-state index in [4.69, 9.17) is 5.73 Å². The molecule has 0 amide bonds. The molecular formula is C16H23N3O. The number of hydrogen-bond donors (Lipinski definition) is 2. The van der Waals surface area contributed by atoms with Crippen LogP contribution in [0.2, 0.25) is 0 Å². The summed E-state index contributed by atoms with van der Waals surface area (Å²) in [6.07, 6.45) is 4.58. The van der Waals surface area contributed by atoms with Crippen LogP contribution in [0.5, 0.6) is 0 Å². The van der Waals surface area contributed by atoms with Crippen LogP contribution in [0.1, 0.15) is 31.4 Å². The van der Waals surface area contributed by atoms with Gasteiger partial charge in [-0.3, -0.25) is 4.68 Å². The van der Waals surface area contributed by atoms with Crippen LogP contribution < -0.4 is 5.73 Å². The molecule has 0 spiro atoms. The average molecular weight is 273 g/mol. The summed E-state index contributed by atoms with van der Waals surface area (Å²) < 4.78 is 1.92. The van der Waals surface area contributed by atoms with Gasteiger partial charge in [-0.15, -0.1) is 0 Å². The van der Waals surface area contributed by atoms with E-state index < -0.39 is 0 Å². The first-order valence-electron chi connectivity index (χ1n) is 7.45. The minimum Gasteiger partial charge on any atom is -0.392 e. The molecule has 4 heteroatoms. The van der Waals surface area contributed by atoms with Crippen LogP contribution in [0.4, 0.5) is 0 Å². The Kier molecular flexibility index (Phi) is 3.52. The van der Waals surface area contributed by atoms with Crippen LogP contribution in [0.3, 0.4) is 0 Å². The molecule has 20 heavy (non-hydrogen) atoms. The number of fused-ring (bicyclic) bond motifs is 1. The molecule has 108 valence electrons. The number of aromatic nitrogens is 2. The summed E-state index contributed by atoms with van der Waals surface area (Å²) in [6.45, 7) is 0.527. The zero-order valence-electron chi connectivity index (χ0n) is 12.0. The van der Waals surface area contributed by atoms with E-state index in [0.717, 1.165) is 43.3 Å². The largest absolute Gasteiger partial charge is 0.392 e. The van der Waals surface area contributed by atoms with E-state index in [2.05, 4.69) is 17.2 Å². The molecule has 1 aliphatic carbocycles. The van der Waals surface area contributed by atoms with Gasteiger partial charge in [0.1, 0.15) is 0 Å². The van der Waals surface area contributed by atoms with Gasteiger partial charge in [0.2, 0.25) is 0 Å². The zero-order valence-corrected chi connectivity index (χ0v) is 12.0. The smallest absolute Gasteiger partial charge is 0.0710 e. The number of nitrogens with two attached hydrogens (primary N) is 1. The number of hydrogen-bond acceptors (Lipinski definition) is 3. The van der Waals surface area contributed by atoms with Gasteiger partial charge in [-0.2, -0.15) is 5.10 Å². The van der Waals surface area contributed by atoms with Crippen molar-refractivity contribution in [1.82, 2.24) is 9.78 Å². The summed E-state index contributed by atoms with van der Waals surface area (Å²) in [5.74, 6) is 0. The quantitative estimate of drug-likeness (QED) is 0.899. The van der Waals surface area contributed by atoms with E-state index in [1.54, 1.807) is 0 Å². The van der Waals surface area contributed by atoms with Crippen LogP contribution in [-0.2, 0) is 13.5 Å². The number of para-hydroxylation sites is 1. The minimum absolute atomic E-state index is 0.199. The van der Waals surface area contributed by atoms with Crippen molar-refractivity contribution in [3.05, 3.63) is 30.0 Å². The molecule has 1 aromatic carbocycles. The van der Waals surface area contributed by atoms with Gasteiger partial charge in [0, 0.05) is 30.8 Å². The first-order valence-corrected chi connectivity index (χ1v) is 7.45. The minimum atomic E-state index is -0.304. The van der Waals surface area contributed by atoms with Gasteiger partial charge in [-0.25, -0.2) is 0 Å². The van der Waals surface area contributed by atoms with Crippen molar-refractivity contribution in [3.63, 3.8) is 0 Å². The predicted molar refractivity (Wildman–Crippen MR) is 80.4 cm³/mol. The monoisotopic (exact) mass is 273 g/mol. The van der Waals surface area contributed by atoms with Gasteiger partial charge in [-0.05, 0) is 18.9 Å². The summed E-state index contributed by atoms with van der Waals surface area (Å²) in [7, 11) is 1.97. The highest BCUT2D eigenvalue weighted by Crippen LogP contribution is 2.39. The molecule has 1 heterocycles. The molecule has 1 fully saturated rings. The number of aliphatic hydroxyl groups is 1. The number of aliphatic hydroxyl groups excluding tert-OH is 1. The average Bonchev–Trinajstić information content (AvgIpc) is 2.79. The molecule has 0 bridgehead atoms. The van der Waals surface area contributed by atoms with Crippen molar-refractivity contribution >= 4 is 10.9 Å². The number of benzene rings is 1. The second-order valence-corrected chi connectivity index (χ2v) is 6.09. The SMILES string of the molecule is Cn1nc(CC2(CN)CCCCC2O)c2ccccc21. The van der Waals surface area contributed by atoms with Gasteiger partial charge in [0.25, 0.3) is 0 Å². The first kappa shape index (κ1) is 13.6. The van der Waals surface area contributed by atoms with E-state index in [1.165, 1.54) is 5.39 Å². The molecule has 0 aliphatic heterocycles. The summed E-state index contributed by atoms with van der Waals surface area (Å²) in [6, 6.07) is 8.26. The maximum absolute atomic E-state index is 10.4. The van der Waals surface area contributed by atoms with E-state index in [0.29, 0.717) is 6.54 Å². The van der Waals surface area contributed by atoms with Crippen molar-refractivity contribution in [2.75, 3.05) is 6.54 Å². The molecule has 2 unspecified atom stereocenters. The predicted octanol–water partition coefficient (Wildman–Crippen LogP) is 2.00. The Bertz CT molecular complexity index is 607. The summed E-state index contributed by atoms with van der Waals surface area (Å²) in [5.41, 5.74) is 8.04. The lowest BCUT2D eigenvalue weighted by atomic mass is 9.69. The Morgan fingerprint density at radius 3 is 2.95 bits per heavy atom. The highest BCUT2D eigenvalue weighted by molar-refractivity contribution is 5.81. The van der Waals surface area contributed by atoms with Crippen LogP contribution in [0, 0.1) is 5.41 Å². The van der Waals surface area contributed by atoms with Crippen LogP contribution in [-0.4, -0.2) is 27.5 Å². The lowest BCUT2D eigenvalue weighted by Crippen LogP contribution is -2.45. The fourth-order valence-electron chi connectivity index (χ4n) is 3.56. The third-order valence-corrected chi connectivity index (χ3v) is 4.87. The fourth-order valence-corrected chi connectivity index (χ4v) is 3.56. The molecule has 1 saturated carbocycles. The molecule has 1 aliphatic rings. The van der Waals surface area contributed by atoms with Gasteiger partial charge < -0.3 is 10.8 Å². The van der Waals surface area contributed by atoms with E-state index in [1.807, 2.05) is 23.9 Å². The molecule has 3 rings (SSSR count). The normalized spacial score (nSPS) is 27.1. The molecule has 2 aromatic rings. The molecule has 2 atom stereocenters. The highest BCUT2D eigenvalue weighted by Gasteiger charge is 2.39. The second kappa shape index (κ2) is 5.19. The highest BCUT2D eigenvalue weighted by atomic mass is 16.3. The van der Waals surface area contributed by atoms with Crippen LogP contribution in [0.15, 0.2) is 24.3 Å². The Morgan fingerprint density at radius 1 is 1.40 bits per heavy atom. The number of rotatable bonds is 3. The molecule has 3 N–H and O–H groups in total. The fraction of sp³-hybridized carbons (Fsp3) is 0.562. The maximum Gasteiger partial charge on any atom is 0.0710 e. The lowest BCUT2D eigenvalue weighted by molar-refractivity contribution is -0.00632. The standard InChI is InChI=1S/C16H23N3O/c1-19-14-7-3-2-6-12(14)13(18-19)10-16(11-17)9-5-4-8-15(16)20/h2-3,6-7,15,20H,4-5,8-11,17H2,1H3. The van der Waals surface area contributed by atoms with Gasteiger partial charge in [-0.1, -0.05) is 31.0 Å². The molecule has 0 radical (unpaired) electrons. The van der Waals surface area contributed by atoms with Crippen molar-refractivity contribution in [1.29, 1.82) is 0 Å². The zero-order chi connectivity index (χ0) is 14.2. The number of aryl methyl sites for hydroxylation is 1. The van der Waals surface area contributed by atoms with Gasteiger partial charge in [0.15, 0.2) is 0 Å². The Labute approximate surface area is 119 Å². The molecular weight excluding hydrogens is 250 g/mol. The Hall–Kier alpha value is -1.39. The third kappa shape index (κ3) is 2.13. The van der Waals surface area contributed by atoms with Gasteiger partial charge >= 0.3 is 0 Å². The van der Waals surface area contributed by atoms with Crippen molar-refractivity contribution in [3.8, 4) is 0 Å². The van der Waals surface area contributed by atoms with Crippen molar-refractivity contribution in [2.24, 2.45) is 18.2 Å². The molecule has 4 nitrogen and oxygen atoms in total. The lowest BCUT2D eigenvalue weighted by Gasteiger charge is -2.40. The Balaban J connectivity index is 1.99. The summed E-state index contributed by atoms with van der Waals surface area (Å²) >= 11 is 0. The van der Waals surface area contributed by atoms with E-state index in [9.17, 15) is 5.11 Å². The third-order valence-electron chi connectivity index (χ3n) is 4.87. The van der Waals surface area contributed by atoms with Crippen molar-refractivity contribution in [2.45, 2.75) is 38.2 Å². The van der Waals surface area contributed by atoms with E-state index >= 15 is 0 Å². The van der Waals surface area contributed by atoms with Crippen molar-refractivity contribution < 1.29 is 5.11 Å². The van der Waals surface area contributed by atoms with Crippen LogP contribution in [0.25, 0.3) is 10.9 Å². The second-order valence-electron chi connectivity index (χ2n) is 6.09. The van der Waals surface area contributed by atoms with Gasteiger partial charge in [0.05, 0.1) is 17.3 Å².